The van der Waals surface area contributed by atoms with Gasteiger partial charge in [0, 0.05) is 26.2 Å². The fourth-order valence-corrected chi connectivity index (χ4v) is 5.04. The molecule has 0 radical (unpaired) electrons. The van der Waals surface area contributed by atoms with Crippen molar-refractivity contribution in [1.29, 1.82) is 0 Å². The Morgan fingerprint density at radius 3 is 2.60 bits per heavy atom. The molecule has 140 valence electrons. The van der Waals surface area contributed by atoms with Crippen LogP contribution >= 0.6 is 0 Å². The van der Waals surface area contributed by atoms with Gasteiger partial charge in [0.1, 0.15) is 10.6 Å². The van der Waals surface area contributed by atoms with Crippen LogP contribution < -0.4 is 4.74 Å². The lowest BCUT2D eigenvalue weighted by molar-refractivity contribution is -0.136. The van der Waals surface area contributed by atoms with Gasteiger partial charge in [-0.1, -0.05) is 6.07 Å². The largest absolute Gasteiger partial charge is 0.495 e. The molecule has 1 aliphatic rings. The highest BCUT2D eigenvalue weighted by molar-refractivity contribution is 7.89. The lowest BCUT2D eigenvalue weighted by Crippen LogP contribution is -2.46. The number of carbonyl (C=O) groups excluding carboxylic acids is 1. The summed E-state index contributed by atoms with van der Waals surface area (Å²) in [6.07, 6.45) is 1.41. The van der Waals surface area contributed by atoms with Crippen molar-refractivity contribution in [3.8, 4) is 5.75 Å². The van der Waals surface area contributed by atoms with Crippen LogP contribution in [0.25, 0.3) is 0 Å². The van der Waals surface area contributed by atoms with Gasteiger partial charge in [0.2, 0.25) is 15.9 Å². The van der Waals surface area contributed by atoms with Crippen LogP contribution in [0.4, 0.5) is 0 Å². The molecule has 1 saturated heterocycles. The van der Waals surface area contributed by atoms with E-state index in [1.165, 1.54) is 11.4 Å². The minimum atomic E-state index is -3.70. The smallest absolute Gasteiger partial charge is 0.246 e. The zero-order chi connectivity index (χ0) is 18.6. The summed E-state index contributed by atoms with van der Waals surface area (Å²) in [4.78, 5) is 14.6. The molecule has 0 unspecified atom stereocenters. The van der Waals surface area contributed by atoms with Gasteiger partial charge in [0.05, 0.1) is 13.0 Å². The summed E-state index contributed by atoms with van der Waals surface area (Å²) < 4.78 is 32.9. The fourth-order valence-electron chi connectivity index (χ4n) is 3.28. The van der Waals surface area contributed by atoms with Gasteiger partial charge < -0.3 is 9.64 Å². The van der Waals surface area contributed by atoms with Crippen LogP contribution in [0, 0.1) is 12.8 Å². The van der Waals surface area contributed by atoms with Gasteiger partial charge in [-0.2, -0.15) is 4.31 Å². The Bertz CT molecular complexity index is 714. The molecule has 1 aromatic carbocycles. The second-order valence-corrected chi connectivity index (χ2v) is 8.27. The highest BCUT2D eigenvalue weighted by Crippen LogP contribution is 2.31. The van der Waals surface area contributed by atoms with Crippen LogP contribution in [-0.4, -0.2) is 56.8 Å². The molecule has 25 heavy (non-hydrogen) atoms. The highest BCUT2D eigenvalue weighted by atomic mass is 32.2. The molecular formula is C18H28N2O4S. The SMILES string of the molecule is CCN(CC)C(=O)[C@H]1CCCN(S(=O)(=O)c2cc(C)ccc2OC)C1. The van der Waals surface area contributed by atoms with Crippen LogP contribution in [0.1, 0.15) is 32.3 Å². The summed E-state index contributed by atoms with van der Waals surface area (Å²) in [5, 5.41) is 0. The molecular weight excluding hydrogens is 340 g/mol. The maximum atomic E-state index is 13.1. The van der Waals surface area contributed by atoms with Crippen LogP contribution in [0.15, 0.2) is 23.1 Å². The first kappa shape index (κ1) is 19.7. The predicted molar refractivity (Wildman–Crippen MR) is 97.1 cm³/mol. The molecule has 1 aromatic rings. The molecule has 1 amide bonds. The van der Waals surface area contributed by atoms with Crippen molar-refractivity contribution in [2.24, 2.45) is 5.92 Å². The third-order valence-electron chi connectivity index (χ3n) is 4.75. The molecule has 2 rings (SSSR count). The Balaban J connectivity index is 2.28. The Hall–Kier alpha value is -1.60. The van der Waals surface area contributed by atoms with Gasteiger partial charge in [-0.15, -0.1) is 0 Å². The third kappa shape index (κ3) is 4.15. The maximum absolute atomic E-state index is 13.1. The minimum absolute atomic E-state index is 0.0427. The normalized spacial score (nSPS) is 18.8. The lowest BCUT2D eigenvalue weighted by atomic mass is 9.98. The van der Waals surface area contributed by atoms with E-state index in [2.05, 4.69) is 0 Å². The molecule has 1 atom stereocenters. The summed E-state index contributed by atoms with van der Waals surface area (Å²) in [5.41, 5.74) is 0.854. The van der Waals surface area contributed by atoms with E-state index in [9.17, 15) is 13.2 Å². The highest BCUT2D eigenvalue weighted by Gasteiger charge is 2.35. The van der Waals surface area contributed by atoms with Gasteiger partial charge in [-0.05, 0) is 51.3 Å². The Morgan fingerprint density at radius 2 is 2.00 bits per heavy atom. The molecule has 0 N–H and O–H groups in total. The second kappa shape index (κ2) is 8.19. The van der Waals surface area contributed by atoms with Gasteiger partial charge in [-0.25, -0.2) is 8.42 Å². The van der Waals surface area contributed by atoms with Crippen molar-refractivity contribution in [3.05, 3.63) is 23.8 Å². The molecule has 0 saturated carbocycles. The molecule has 1 aliphatic heterocycles. The number of amides is 1. The zero-order valence-corrected chi connectivity index (χ0v) is 16.3. The molecule has 0 bridgehead atoms. The van der Waals surface area contributed by atoms with E-state index in [4.69, 9.17) is 4.74 Å². The number of methoxy groups -OCH3 is 1. The third-order valence-corrected chi connectivity index (χ3v) is 6.63. The average molecular weight is 368 g/mol. The standard InChI is InChI=1S/C18H28N2O4S/c1-5-19(6-2)18(21)15-8-7-11-20(13-15)25(22,23)17-12-14(3)9-10-16(17)24-4/h9-10,12,15H,5-8,11,13H2,1-4H3/t15-/m0/s1. The number of sulfonamides is 1. The number of aryl methyl sites for hydroxylation is 1. The lowest BCUT2D eigenvalue weighted by Gasteiger charge is -2.34. The van der Waals surface area contributed by atoms with Crippen LogP contribution in [0.3, 0.4) is 0 Å². The van der Waals surface area contributed by atoms with Crippen LogP contribution in [0.5, 0.6) is 5.75 Å². The second-order valence-electron chi connectivity index (χ2n) is 6.37. The van der Waals surface area contributed by atoms with Crippen molar-refractivity contribution < 1.29 is 17.9 Å². The predicted octanol–water partition coefficient (Wildman–Crippen LogP) is 2.27. The van der Waals surface area contributed by atoms with Crippen LogP contribution in [-0.2, 0) is 14.8 Å². The van der Waals surface area contributed by atoms with Gasteiger partial charge in [0.25, 0.3) is 0 Å². The first-order valence-electron chi connectivity index (χ1n) is 8.78. The van der Waals surface area contributed by atoms with E-state index in [1.807, 2.05) is 26.8 Å². The quantitative estimate of drug-likeness (QED) is 0.773. The summed E-state index contributed by atoms with van der Waals surface area (Å²) >= 11 is 0. The monoisotopic (exact) mass is 368 g/mol. The Kier molecular flexibility index (Phi) is 6.46. The van der Waals surface area contributed by atoms with E-state index in [-0.39, 0.29) is 23.3 Å². The van der Waals surface area contributed by atoms with Gasteiger partial charge in [-0.3, -0.25) is 4.79 Å². The fraction of sp³-hybridized carbons (Fsp3) is 0.611. The Morgan fingerprint density at radius 1 is 1.32 bits per heavy atom. The van der Waals surface area contributed by atoms with E-state index < -0.39 is 10.0 Å². The molecule has 6 nitrogen and oxygen atoms in total. The van der Waals surface area contributed by atoms with E-state index in [0.29, 0.717) is 31.8 Å². The van der Waals surface area contributed by atoms with Crippen molar-refractivity contribution >= 4 is 15.9 Å². The summed E-state index contributed by atoms with van der Waals surface area (Å²) in [6.45, 7) is 7.68. The summed E-state index contributed by atoms with van der Waals surface area (Å²) in [6, 6.07) is 5.12. The molecule has 1 fully saturated rings. The van der Waals surface area contributed by atoms with E-state index in [1.54, 1.807) is 17.0 Å². The minimum Gasteiger partial charge on any atom is -0.495 e. The van der Waals surface area contributed by atoms with Crippen molar-refractivity contribution in [3.63, 3.8) is 0 Å². The van der Waals surface area contributed by atoms with Crippen molar-refractivity contribution in [1.82, 2.24) is 9.21 Å². The number of rotatable bonds is 6. The number of ether oxygens (including phenoxy) is 1. The average Bonchev–Trinajstić information content (AvgIpc) is 2.62. The van der Waals surface area contributed by atoms with Crippen molar-refractivity contribution in [2.75, 3.05) is 33.3 Å². The topological polar surface area (TPSA) is 66.9 Å². The van der Waals surface area contributed by atoms with E-state index >= 15 is 0 Å². The zero-order valence-electron chi connectivity index (χ0n) is 15.5. The number of nitrogens with zero attached hydrogens (tertiary/aromatic N) is 2. The molecule has 0 aliphatic carbocycles. The van der Waals surface area contributed by atoms with Gasteiger partial charge >= 0.3 is 0 Å². The number of hydrogen-bond donors (Lipinski definition) is 0. The number of hydrogen-bond acceptors (Lipinski definition) is 4. The van der Waals surface area contributed by atoms with Gasteiger partial charge in [0.15, 0.2) is 0 Å². The molecule has 0 spiro atoms. The van der Waals surface area contributed by atoms with Crippen LogP contribution in [0.2, 0.25) is 0 Å². The van der Waals surface area contributed by atoms with Crippen molar-refractivity contribution in [2.45, 2.75) is 38.5 Å². The number of carbonyl (C=O) groups is 1. The summed E-state index contributed by atoms with van der Waals surface area (Å²) in [7, 11) is -2.23. The summed E-state index contributed by atoms with van der Waals surface area (Å²) in [5.74, 6) is 0.100. The first-order chi connectivity index (χ1) is 11.8. The maximum Gasteiger partial charge on any atom is 0.246 e. The molecule has 7 heteroatoms. The molecule has 1 heterocycles. The molecule has 0 aromatic heterocycles. The van der Waals surface area contributed by atoms with E-state index in [0.717, 1.165) is 12.0 Å². The Labute approximate surface area is 150 Å². The number of piperidine rings is 1. The number of benzene rings is 1. The first-order valence-corrected chi connectivity index (χ1v) is 10.2.